The van der Waals surface area contributed by atoms with E-state index in [2.05, 4.69) is 20.1 Å². The van der Waals surface area contributed by atoms with Crippen LogP contribution >= 0.6 is 11.3 Å². The summed E-state index contributed by atoms with van der Waals surface area (Å²) in [6.45, 7) is 0.408. The molecule has 3 rings (SSSR count). The van der Waals surface area contributed by atoms with Gasteiger partial charge in [-0.25, -0.2) is 14.5 Å². The molecule has 6 nitrogen and oxygen atoms in total. The third-order valence-electron chi connectivity index (χ3n) is 2.65. The quantitative estimate of drug-likeness (QED) is 0.796. The van der Waals surface area contributed by atoms with E-state index in [-0.39, 0.29) is 5.69 Å². The van der Waals surface area contributed by atoms with Crippen molar-refractivity contribution in [2.45, 2.75) is 12.6 Å². The summed E-state index contributed by atoms with van der Waals surface area (Å²) in [5.41, 5.74) is 6.07. The van der Waals surface area contributed by atoms with Crippen LogP contribution in [0.3, 0.4) is 0 Å². The molecule has 0 atom stereocenters. The van der Waals surface area contributed by atoms with Gasteiger partial charge in [0.1, 0.15) is 0 Å². The molecule has 0 unspecified atom stereocenters. The Kier molecular flexibility index (Phi) is 3.33. The molecule has 2 N–H and O–H groups in total. The summed E-state index contributed by atoms with van der Waals surface area (Å²) in [7, 11) is 0. The summed E-state index contributed by atoms with van der Waals surface area (Å²) in [5, 5.41) is 4.61. The second-order valence-corrected chi connectivity index (χ2v) is 5.05. The van der Waals surface area contributed by atoms with Gasteiger partial charge in [0.15, 0.2) is 10.8 Å². The molecule has 21 heavy (non-hydrogen) atoms. The van der Waals surface area contributed by atoms with Crippen molar-refractivity contribution >= 4 is 17.1 Å². The number of hydrogen-bond acceptors (Lipinski definition) is 6. The molecule has 0 amide bonds. The Labute approximate surface area is 120 Å². The van der Waals surface area contributed by atoms with Crippen molar-refractivity contribution in [2.24, 2.45) is 5.73 Å². The van der Waals surface area contributed by atoms with E-state index >= 15 is 0 Å². The van der Waals surface area contributed by atoms with Crippen molar-refractivity contribution in [1.29, 1.82) is 0 Å². The van der Waals surface area contributed by atoms with Crippen LogP contribution in [0, 0.1) is 0 Å². The molecule has 10 heteroatoms. The van der Waals surface area contributed by atoms with E-state index in [1.54, 1.807) is 6.20 Å². The zero-order valence-corrected chi connectivity index (χ0v) is 11.3. The second-order valence-electron chi connectivity index (χ2n) is 4.19. The molecule has 110 valence electrons. The first-order valence-electron chi connectivity index (χ1n) is 5.92. The molecule has 0 saturated carbocycles. The van der Waals surface area contributed by atoms with Crippen LogP contribution in [0.5, 0.6) is 0 Å². The van der Waals surface area contributed by atoms with Crippen molar-refractivity contribution < 1.29 is 13.2 Å². The van der Waals surface area contributed by atoms with Crippen molar-refractivity contribution in [3.63, 3.8) is 0 Å². The monoisotopic (exact) mass is 314 g/mol. The Morgan fingerprint density at radius 2 is 2.10 bits per heavy atom. The van der Waals surface area contributed by atoms with Crippen molar-refractivity contribution in [3.05, 3.63) is 28.6 Å². The summed E-state index contributed by atoms with van der Waals surface area (Å²) >= 11 is 0.544. The molecule has 3 heterocycles. The first-order chi connectivity index (χ1) is 9.97. The van der Waals surface area contributed by atoms with Gasteiger partial charge in [0.05, 0.1) is 5.69 Å². The Morgan fingerprint density at radius 3 is 2.76 bits per heavy atom. The SMILES string of the molecule is NCCc1nc2ncc(-c3csc(C(F)(F)F)n3)cn2n1. The number of aromatic nitrogens is 5. The first kappa shape index (κ1) is 13.9. The van der Waals surface area contributed by atoms with Gasteiger partial charge in [-0.1, -0.05) is 0 Å². The molecule has 0 aliphatic carbocycles. The summed E-state index contributed by atoms with van der Waals surface area (Å²) in [5.74, 6) is 0.907. The maximum absolute atomic E-state index is 12.6. The minimum absolute atomic E-state index is 0.206. The van der Waals surface area contributed by atoms with E-state index in [1.165, 1.54) is 16.1 Å². The van der Waals surface area contributed by atoms with Crippen LogP contribution in [-0.2, 0) is 12.6 Å². The number of thiazole rings is 1. The molecular formula is C11H9F3N6S. The summed E-state index contributed by atoms with van der Waals surface area (Å²) < 4.78 is 39.1. The average Bonchev–Trinajstić information content (AvgIpc) is 3.03. The number of nitrogens with two attached hydrogens (primary N) is 1. The summed E-state index contributed by atoms with van der Waals surface area (Å²) in [6.07, 6.45) is -0.967. The molecule has 0 bridgehead atoms. The molecule has 0 aliphatic heterocycles. The fourth-order valence-corrected chi connectivity index (χ4v) is 2.43. The van der Waals surface area contributed by atoms with Crippen LogP contribution in [0.2, 0.25) is 0 Å². The van der Waals surface area contributed by atoms with Gasteiger partial charge in [-0.2, -0.15) is 18.2 Å². The van der Waals surface area contributed by atoms with E-state index in [9.17, 15) is 13.2 Å². The van der Waals surface area contributed by atoms with Gasteiger partial charge in [-0.15, -0.1) is 16.4 Å². The maximum Gasteiger partial charge on any atom is 0.443 e. The molecule has 3 aromatic heterocycles. The largest absolute Gasteiger partial charge is 0.443 e. The van der Waals surface area contributed by atoms with Crippen molar-refractivity contribution in [1.82, 2.24) is 24.6 Å². The predicted molar refractivity (Wildman–Crippen MR) is 69.7 cm³/mol. The van der Waals surface area contributed by atoms with Gasteiger partial charge in [0.25, 0.3) is 5.78 Å². The van der Waals surface area contributed by atoms with E-state index < -0.39 is 11.2 Å². The predicted octanol–water partition coefficient (Wildman–Crippen LogP) is 1.77. The van der Waals surface area contributed by atoms with Gasteiger partial charge in [-0.3, -0.25) is 0 Å². The molecule has 0 aliphatic rings. The highest BCUT2D eigenvalue weighted by atomic mass is 32.1. The lowest BCUT2D eigenvalue weighted by atomic mass is 10.3. The van der Waals surface area contributed by atoms with Gasteiger partial charge < -0.3 is 5.73 Å². The Bertz CT molecular complexity index is 778. The number of halogens is 3. The van der Waals surface area contributed by atoms with Crippen LogP contribution in [0.4, 0.5) is 13.2 Å². The standard InChI is InChI=1S/C11H9F3N6S/c12-11(13,14)9-17-7(5-21-9)6-3-16-10-18-8(1-2-15)19-20(10)4-6/h3-5H,1-2,15H2. The normalized spacial score (nSPS) is 12.2. The van der Waals surface area contributed by atoms with Crippen molar-refractivity contribution in [3.8, 4) is 11.3 Å². The van der Waals surface area contributed by atoms with Crippen molar-refractivity contribution in [2.75, 3.05) is 6.54 Å². The minimum atomic E-state index is -4.44. The van der Waals surface area contributed by atoms with E-state index in [0.717, 1.165) is 0 Å². The number of nitrogens with zero attached hydrogens (tertiary/aromatic N) is 5. The fourth-order valence-electron chi connectivity index (χ4n) is 1.73. The maximum atomic E-state index is 12.6. The second kappa shape index (κ2) is 5.04. The smallest absolute Gasteiger partial charge is 0.330 e. The molecule has 0 saturated heterocycles. The molecular weight excluding hydrogens is 305 g/mol. The number of hydrogen-bond donors (Lipinski definition) is 1. The lowest BCUT2D eigenvalue weighted by Crippen LogP contribution is -2.04. The highest BCUT2D eigenvalue weighted by molar-refractivity contribution is 7.10. The Hall–Kier alpha value is -2.07. The Balaban J connectivity index is 1.98. The van der Waals surface area contributed by atoms with Gasteiger partial charge in [0, 0.05) is 29.8 Å². The van der Waals surface area contributed by atoms with Crippen LogP contribution in [0.25, 0.3) is 17.0 Å². The number of alkyl halides is 3. The van der Waals surface area contributed by atoms with E-state index in [1.807, 2.05) is 0 Å². The first-order valence-corrected chi connectivity index (χ1v) is 6.80. The molecule has 3 aromatic rings. The van der Waals surface area contributed by atoms with Crippen LogP contribution in [-0.4, -0.2) is 31.1 Å². The average molecular weight is 314 g/mol. The topological polar surface area (TPSA) is 82.0 Å². The van der Waals surface area contributed by atoms with Crippen LogP contribution in [0.15, 0.2) is 17.8 Å². The zero-order chi connectivity index (χ0) is 15.0. The molecule has 0 radical (unpaired) electrons. The lowest BCUT2D eigenvalue weighted by Gasteiger charge is -2.00. The summed E-state index contributed by atoms with van der Waals surface area (Å²) in [4.78, 5) is 11.8. The third kappa shape index (κ3) is 2.72. The van der Waals surface area contributed by atoms with Crippen LogP contribution in [0.1, 0.15) is 10.8 Å². The fraction of sp³-hybridized carbons (Fsp3) is 0.273. The summed E-state index contributed by atoms with van der Waals surface area (Å²) in [6, 6.07) is 0. The highest BCUT2D eigenvalue weighted by Gasteiger charge is 2.34. The van der Waals surface area contributed by atoms with Gasteiger partial charge >= 0.3 is 6.18 Å². The van der Waals surface area contributed by atoms with Gasteiger partial charge in [-0.05, 0) is 6.54 Å². The third-order valence-corrected chi connectivity index (χ3v) is 3.54. The zero-order valence-electron chi connectivity index (χ0n) is 10.5. The van der Waals surface area contributed by atoms with E-state index in [4.69, 9.17) is 5.73 Å². The highest BCUT2D eigenvalue weighted by Crippen LogP contribution is 2.33. The molecule has 0 fully saturated rings. The Morgan fingerprint density at radius 1 is 1.29 bits per heavy atom. The number of rotatable bonds is 3. The molecule has 0 aromatic carbocycles. The van der Waals surface area contributed by atoms with E-state index in [0.29, 0.717) is 41.5 Å². The van der Waals surface area contributed by atoms with Gasteiger partial charge in [0.2, 0.25) is 0 Å². The minimum Gasteiger partial charge on any atom is -0.330 e. The number of fused-ring (bicyclic) bond motifs is 1. The molecule has 0 spiro atoms. The lowest BCUT2D eigenvalue weighted by molar-refractivity contribution is -0.137. The van der Waals surface area contributed by atoms with Crippen LogP contribution < -0.4 is 5.73 Å².